The molecule has 0 aromatic carbocycles. The summed E-state index contributed by atoms with van der Waals surface area (Å²) in [4.78, 5) is 48.7. The van der Waals surface area contributed by atoms with Crippen molar-refractivity contribution >= 4 is 25.7 Å². The molecule has 78 heavy (non-hydrogen) atoms. The Morgan fingerprint density at radius 2 is 0.667 bits per heavy atom. The van der Waals surface area contributed by atoms with Gasteiger partial charge in [-0.3, -0.25) is 23.4 Å². The summed E-state index contributed by atoms with van der Waals surface area (Å²) in [5.74, 6) is -1.49. The van der Waals surface area contributed by atoms with Crippen LogP contribution in [0.4, 0.5) is 0 Å². The largest absolute Gasteiger partial charge is 0.472 e. The molecule has 0 radical (unpaired) electrons. The fourth-order valence-electron chi connectivity index (χ4n) is 8.75. The molecular formula is C66H117O11P. The smallest absolute Gasteiger partial charge is 0.462 e. The fraction of sp³-hybridized carbons (Fsp3) is 0.773. The maximum atomic E-state index is 13.0. The zero-order chi connectivity index (χ0) is 56.9. The highest BCUT2D eigenvalue weighted by Gasteiger charge is 2.28. The number of carbonyl (C=O) groups excluding carboxylic acids is 3. The Bertz CT molecular complexity index is 1590. The minimum atomic E-state index is -4.76. The van der Waals surface area contributed by atoms with E-state index in [1.165, 1.54) is 141 Å². The Balaban J connectivity index is 4.72. The van der Waals surface area contributed by atoms with Gasteiger partial charge in [0.25, 0.3) is 0 Å². The second-order valence-electron chi connectivity index (χ2n) is 21.2. The van der Waals surface area contributed by atoms with Crippen LogP contribution in [0, 0.1) is 0 Å². The molecule has 0 spiro atoms. The van der Waals surface area contributed by atoms with E-state index >= 15 is 0 Å². The van der Waals surface area contributed by atoms with Gasteiger partial charge in [-0.1, -0.05) is 235 Å². The van der Waals surface area contributed by atoms with Crippen molar-refractivity contribution in [2.75, 3.05) is 26.4 Å². The van der Waals surface area contributed by atoms with Crippen molar-refractivity contribution in [3.05, 3.63) is 72.9 Å². The zero-order valence-electron chi connectivity index (χ0n) is 50.1. The third-order valence-electron chi connectivity index (χ3n) is 13.6. The lowest BCUT2D eigenvalue weighted by molar-refractivity contribution is -0.161. The van der Waals surface area contributed by atoms with Gasteiger partial charge in [-0.25, -0.2) is 4.57 Å². The van der Waals surface area contributed by atoms with Gasteiger partial charge in [-0.05, 0) is 109 Å². The standard InChI is InChI=1S/C66H117O11P/c1-4-7-10-13-16-19-22-25-27-29-31-33-35-38-40-43-46-49-52-55-64(68)73-59-63(77-66(70)57-54-51-48-45-42-39-36-34-32-30-28-26-23-20-17-14-11-8-5-2)61-75-78(71,72)74-60-62(58-67)76-65(69)56-53-50-47-44-41-37-24-21-18-15-12-9-6-3/h9,12,16,18-19,21,25-28,37,41,62-63,67H,4-8,10-11,13-15,17,20,22-24,29-36,38-40,42-61H2,1-3H3,(H,71,72)/b12-9-,19-16-,21-18-,27-25-,28-26-,41-37-. The molecule has 11 nitrogen and oxygen atoms in total. The molecule has 0 amide bonds. The van der Waals surface area contributed by atoms with E-state index < -0.39 is 57.8 Å². The second kappa shape index (κ2) is 60.0. The van der Waals surface area contributed by atoms with Gasteiger partial charge in [0.1, 0.15) is 12.7 Å². The highest BCUT2D eigenvalue weighted by molar-refractivity contribution is 7.47. The van der Waals surface area contributed by atoms with E-state index in [0.717, 1.165) is 89.9 Å². The van der Waals surface area contributed by atoms with E-state index in [1.807, 2.05) is 0 Å². The number of aliphatic hydroxyl groups is 1. The normalized spacial score (nSPS) is 13.8. The molecule has 2 N–H and O–H groups in total. The van der Waals surface area contributed by atoms with Crippen molar-refractivity contribution in [2.24, 2.45) is 0 Å². The quantitative estimate of drug-likeness (QED) is 0.0197. The molecule has 452 valence electrons. The number of hydrogen-bond donors (Lipinski definition) is 2. The van der Waals surface area contributed by atoms with Crippen molar-refractivity contribution in [1.82, 2.24) is 0 Å². The van der Waals surface area contributed by atoms with Crippen LogP contribution in [0.3, 0.4) is 0 Å². The Labute approximate surface area is 478 Å². The predicted molar refractivity (Wildman–Crippen MR) is 325 cm³/mol. The van der Waals surface area contributed by atoms with Crippen LogP contribution in [-0.2, 0) is 42.2 Å². The van der Waals surface area contributed by atoms with Gasteiger partial charge in [0.15, 0.2) is 6.10 Å². The third-order valence-corrected chi connectivity index (χ3v) is 14.5. The maximum Gasteiger partial charge on any atom is 0.472 e. The van der Waals surface area contributed by atoms with E-state index in [4.69, 9.17) is 23.3 Å². The Morgan fingerprint density at radius 3 is 1.08 bits per heavy atom. The van der Waals surface area contributed by atoms with Gasteiger partial charge < -0.3 is 24.2 Å². The number of hydrogen-bond acceptors (Lipinski definition) is 10. The number of ether oxygens (including phenoxy) is 3. The van der Waals surface area contributed by atoms with Gasteiger partial charge in [0, 0.05) is 19.3 Å². The molecular weight excluding hydrogens is 1000 g/mol. The number of rotatable bonds is 59. The van der Waals surface area contributed by atoms with Crippen molar-refractivity contribution in [1.29, 1.82) is 0 Å². The van der Waals surface area contributed by atoms with E-state index in [0.29, 0.717) is 19.3 Å². The van der Waals surface area contributed by atoms with E-state index in [9.17, 15) is 28.9 Å². The summed E-state index contributed by atoms with van der Waals surface area (Å²) >= 11 is 0. The molecule has 0 aromatic heterocycles. The summed E-state index contributed by atoms with van der Waals surface area (Å²) in [5.41, 5.74) is 0. The summed E-state index contributed by atoms with van der Waals surface area (Å²) in [6.07, 6.45) is 68.6. The lowest BCUT2D eigenvalue weighted by Crippen LogP contribution is -2.30. The lowest BCUT2D eigenvalue weighted by atomic mass is 10.1. The van der Waals surface area contributed by atoms with Gasteiger partial charge in [0.05, 0.1) is 19.8 Å². The monoisotopic (exact) mass is 1120 g/mol. The van der Waals surface area contributed by atoms with Crippen LogP contribution in [0.2, 0.25) is 0 Å². The average Bonchev–Trinajstić information content (AvgIpc) is 3.43. The van der Waals surface area contributed by atoms with Gasteiger partial charge >= 0.3 is 25.7 Å². The first-order valence-electron chi connectivity index (χ1n) is 31.8. The molecule has 0 aliphatic rings. The number of allylic oxidation sites excluding steroid dienone is 12. The van der Waals surface area contributed by atoms with Crippen molar-refractivity contribution in [3.63, 3.8) is 0 Å². The zero-order valence-corrected chi connectivity index (χ0v) is 51.0. The molecule has 3 atom stereocenters. The summed E-state index contributed by atoms with van der Waals surface area (Å²) in [5, 5.41) is 9.83. The molecule has 0 bridgehead atoms. The number of phosphoric acid groups is 1. The minimum absolute atomic E-state index is 0.141. The van der Waals surface area contributed by atoms with Crippen LogP contribution in [0.1, 0.15) is 290 Å². The van der Waals surface area contributed by atoms with Crippen molar-refractivity contribution in [2.45, 2.75) is 303 Å². The molecule has 0 aliphatic carbocycles. The minimum Gasteiger partial charge on any atom is -0.462 e. The van der Waals surface area contributed by atoms with E-state index in [1.54, 1.807) is 0 Å². The summed E-state index contributed by atoms with van der Waals surface area (Å²) in [6.45, 7) is 4.50. The molecule has 0 aliphatic heterocycles. The number of esters is 3. The van der Waals surface area contributed by atoms with Gasteiger partial charge in [0.2, 0.25) is 0 Å². The fourth-order valence-corrected chi connectivity index (χ4v) is 9.53. The maximum absolute atomic E-state index is 13.0. The summed E-state index contributed by atoms with van der Waals surface area (Å²) < 4.78 is 39.6. The molecule has 0 aromatic rings. The SMILES string of the molecule is CC/C=C\C/C=C\C/C=C\CCCCCC(=O)OC(CO)COP(=O)(O)OCC(COC(=O)CCCCCCCCCCC/C=C\C/C=C\CCCCC)OC(=O)CCCCCCCCCCC/C=C\CCCCCCCC. The third kappa shape index (κ3) is 57.6. The number of aliphatic hydroxyl groups excluding tert-OH is 1. The molecule has 0 saturated carbocycles. The van der Waals surface area contributed by atoms with Crippen LogP contribution in [-0.4, -0.2) is 66.5 Å². The summed E-state index contributed by atoms with van der Waals surface area (Å²) in [6, 6.07) is 0. The Kier molecular flexibility index (Phi) is 57.7. The summed E-state index contributed by atoms with van der Waals surface area (Å²) in [7, 11) is -4.76. The number of phosphoric ester groups is 1. The topological polar surface area (TPSA) is 155 Å². The highest BCUT2D eigenvalue weighted by Crippen LogP contribution is 2.43. The number of carbonyl (C=O) groups is 3. The molecule has 0 heterocycles. The van der Waals surface area contributed by atoms with Crippen LogP contribution in [0.5, 0.6) is 0 Å². The first kappa shape index (κ1) is 74.9. The first-order chi connectivity index (χ1) is 38.2. The molecule has 0 saturated heterocycles. The predicted octanol–water partition coefficient (Wildman–Crippen LogP) is 19.3. The van der Waals surface area contributed by atoms with Crippen molar-refractivity contribution < 1.29 is 52.2 Å². The van der Waals surface area contributed by atoms with E-state index in [-0.39, 0.29) is 25.9 Å². The molecule has 12 heteroatoms. The molecule has 0 rings (SSSR count). The van der Waals surface area contributed by atoms with Crippen LogP contribution in [0.25, 0.3) is 0 Å². The van der Waals surface area contributed by atoms with Gasteiger partial charge in [-0.2, -0.15) is 0 Å². The average molecular weight is 1120 g/mol. The molecule has 0 fully saturated rings. The second-order valence-corrected chi connectivity index (χ2v) is 22.6. The van der Waals surface area contributed by atoms with Crippen LogP contribution in [0.15, 0.2) is 72.9 Å². The first-order valence-corrected chi connectivity index (χ1v) is 33.3. The molecule has 3 unspecified atom stereocenters. The number of unbranched alkanes of at least 4 members (excludes halogenated alkanes) is 30. The van der Waals surface area contributed by atoms with E-state index in [2.05, 4.69) is 93.7 Å². The lowest BCUT2D eigenvalue weighted by Gasteiger charge is -2.21. The Morgan fingerprint density at radius 1 is 0.372 bits per heavy atom. The van der Waals surface area contributed by atoms with Gasteiger partial charge in [-0.15, -0.1) is 0 Å². The Hall–Kier alpha value is -3.08. The van der Waals surface area contributed by atoms with Crippen LogP contribution < -0.4 is 0 Å². The highest BCUT2D eigenvalue weighted by atomic mass is 31.2. The van der Waals surface area contributed by atoms with Crippen molar-refractivity contribution in [3.8, 4) is 0 Å². The van der Waals surface area contributed by atoms with Crippen LogP contribution >= 0.6 is 7.82 Å².